The molecular weight excluding hydrogens is 530 g/mol. The van der Waals surface area contributed by atoms with E-state index in [1.165, 1.54) is 31.2 Å². The Morgan fingerprint density at radius 3 is 2.27 bits per heavy atom. The largest absolute Gasteiger partial charge is 0.490 e. The highest BCUT2D eigenvalue weighted by molar-refractivity contribution is 6.31. The number of morpholine rings is 1. The number of carboxylic acid groups (broad SMARTS) is 1. The molecule has 5 rings (SSSR count). The molecule has 2 aromatic rings. The zero-order valence-electron chi connectivity index (χ0n) is 20.4. The number of benzene rings is 1. The van der Waals surface area contributed by atoms with Crippen LogP contribution >= 0.6 is 23.2 Å². The Morgan fingerprint density at radius 1 is 1.08 bits per heavy atom. The maximum absolute atomic E-state index is 10.6. The van der Waals surface area contributed by atoms with Gasteiger partial charge in [-0.05, 0) is 68.9 Å². The minimum Gasteiger partial charge on any atom is -0.475 e. The second-order valence-electron chi connectivity index (χ2n) is 9.88. The van der Waals surface area contributed by atoms with Gasteiger partial charge in [0.15, 0.2) is 0 Å². The highest BCUT2D eigenvalue weighted by Gasteiger charge is 2.45. The van der Waals surface area contributed by atoms with Crippen LogP contribution in [0, 0.1) is 0 Å². The van der Waals surface area contributed by atoms with Crippen LogP contribution in [-0.4, -0.2) is 70.6 Å². The summed E-state index contributed by atoms with van der Waals surface area (Å²) in [5.41, 5.74) is 1.33. The molecule has 202 valence electrons. The summed E-state index contributed by atoms with van der Waals surface area (Å²) in [4.78, 5) is 18.8. The first-order valence-corrected chi connectivity index (χ1v) is 13.1. The van der Waals surface area contributed by atoms with Gasteiger partial charge in [0.05, 0.1) is 12.7 Å². The average molecular weight is 560 g/mol. The molecule has 3 saturated heterocycles. The molecule has 3 aliphatic heterocycles. The number of alkyl halides is 3. The van der Waals surface area contributed by atoms with E-state index in [1.54, 1.807) is 0 Å². The second kappa shape index (κ2) is 11.8. The van der Waals surface area contributed by atoms with Crippen LogP contribution in [0.1, 0.15) is 38.2 Å². The number of rotatable bonds is 4. The van der Waals surface area contributed by atoms with E-state index in [4.69, 9.17) is 37.8 Å². The van der Waals surface area contributed by atoms with Gasteiger partial charge in [-0.2, -0.15) is 13.2 Å². The molecule has 3 aliphatic rings. The number of aliphatic carboxylic acids is 1. The third-order valence-corrected chi connectivity index (χ3v) is 7.77. The third-order valence-electron chi connectivity index (χ3n) is 7.29. The molecule has 0 saturated carbocycles. The molecule has 0 radical (unpaired) electrons. The van der Waals surface area contributed by atoms with Gasteiger partial charge in [-0.1, -0.05) is 35.3 Å². The maximum atomic E-state index is 10.6. The van der Waals surface area contributed by atoms with Crippen LogP contribution in [0.4, 0.5) is 19.0 Å². The molecule has 0 spiro atoms. The van der Waals surface area contributed by atoms with E-state index >= 15 is 0 Å². The summed E-state index contributed by atoms with van der Waals surface area (Å²) in [7, 11) is 0. The van der Waals surface area contributed by atoms with Crippen molar-refractivity contribution in [1.29, 1.82) is 0 Å². The van der Waals surface area contributed by atoms with Gasteiger partial charge >= 0.3 is 12.1 Å². The number of carbonyl (C=O) groups is 1. The number of carboxylic acids is 1. The number of aromatic nitrogens is 1. The minimum absolute atomic E-state index is 0.289. The van der Waals surface area contributed by atoms with E-state index in [1.807, 2.05) is 30.5 Å². The number of halogens is 5. The Morgan fingerprint density at radius 2 is 1.70 bits per heavy atom. The normalized spacial score (nSPS) is 27.9. The molecule has 0 amide bonds. The summed E-state index contributed by atoms with van der Waals surface area (Å²) >= 11 is 12.3. The summed E-state index contributed by atoms with van der Waals surface area (Å²) in [5, 5.41) is 8.69. The van der Waals surface area contributed by atoms with E-state index in [9.17, 15) is 13.2 Å². The van der Waals surface area contributed by atoms with Gasteiger partial charge in [-0.15, -0.1) is 0 Å². The first-order chi connectivity index (χ1) is 17.5. The lowest BCUT2D eigenvalue weighted by Crippen LogP contribution is -2.58. The summed E-state index contributed by atoms with van der Waals surface area (Å²) < 4.78 is 37.8. The Balaban J connectivity index is 0.000000405. The molecule has 1 aromatic heterocycles. The van der Waals surface area contributed by atoms with Gasteiger partial charge < -0.3 is 14.7 Å². The van der Waals surface area contributed by atoms with Gasteiger partial charge in [0.2, 0.25) is 0 Å². The fourth-order valence-electron chi connectivity index (χ4n) is 5.71. The van der Waals surface area contributed by atoms with Gasteiger partial charge in [-0.3, -0.25) is 4.90 Å². The Kier molecular flexibility index (Phi) is 8.89. The summed E-state index contributed by atoms with van der Waals surface area (Å²) in [6.45, 7) is 4.01. The number of hydrogen-bond donors (Lipinski definition) is 1. The summed E-state index contributed by atoms with van der Waals surface area (Å²) in [6, 6.07) is 14.3. The van der Waals surface area contributed by atoms with Crippen molar-refractivity contribution in [2.45, 2.75) is 75.5 Å². The van der Waals surface area contributed by atoms with Crippen molar-refractivity contribution in [2.24, 2.45) is 0 Å². The number of pyridine rings is 1. The average Bonchev–Trinajstić information content (AvgIpc) is 3.10. The number of fused-ring (bicyclic) bond motifs is 2. The molecule has 1 N–H and O–H groups in total. The molecule has 3 fully saturated rings. The summed E-state index contributed by atoms with van der Waals surface area (Å²) in [5.74, 6) is -1.71. The molecule has 2 bridgehead atoms. The van der Waals surface area contributed by atoms with Crippen LogP contribution in [-0.2, 0) is 16.0 Å². The molecular formula is C26H30Cl2F3N3O3. The van der Waals surface area contributed by atoms with E-state index in [-0.39, 0.29) is 6.10 Å². The maximum Gasteiger partial charge on any atom is 0.490 e. The zero-order valence-corrected chi connectivity index (χ0v) is 21.9. The predicted octanol–water partition coefficient (Wildman–Crippen LogP) is 5.85. The van der Waals surface area contributed by atoms with Crippen LogP contribution < -0.4 is 4.90 Å². The van der Waals surface area contributed by atoms with Crippen molar-refractivity contribution >= 4 is 35.0 Å². The fraction of sp³-hybridized carbons (Fsp3) is 0.538. The van der Waals surface area contributed by atoms with E-state index < -0.39 is 12.1 Å². The van der Waals surface area contributed by atoms with Crippen LogP contribution in [0.3, 0.4) is 0 Å². The molecule has 1 unspecified atom stereocenters. The van der Waals surface area contributed by atoms with Crippen molar-refractivity contribution in [3.8, 4) is 0 Å². The Bertz CT molecular complexity index is 1060. The smallest absolute Gasteiger partial charge is 0.475 e. The molecule has 0 aliphatic carbocycles. The predicted molar refractivity (Wildman–Crippen MR) is 136 cm³/mol. The van der Waals surface area contributed by atoms with Crippen molar-refractivity contribution < 1.29 is 27.8 Å². The lowest BCUT2D eigenvalue weighted by atomic mass is 9.92. The monoisotopic (exact) mass is 559 g/mol. The highest BCUT2D eigenvalue weighted by atomic mass is 35.5. The van der Waals surface area contributed by atoms with Crippen molar-refractivity contribution in [2.75, 3.05) is 18.1 Å². The van der Waals surface area contributed by atoms with Crippen LogP contribution in [0.2, 0.25) is 10.0 Å². The second-order valence-corrected chi connectivity index (χ2v) is 10.8. The number of hydrogen-bond acceptors (Lipinski definition) is 5. The standard InChI is InChI=1S/C24H29Cl2N3O.C2HF3O2/c1-16-14-28(23(15-30-16)10-17-2-4-18(25)5-3-17)22-12-20-6-7-21(13-22)29(20)24-11-19(26)8-9-27-24;3-2(4,5)1(6)7/h2-5,8-9,11,16,20-23H,6-7,10,12-15H2,1H3;(H,6,7)/t16-,20-,21+,22?,23-;/m0./s1. The fourth-order valence-corrected chi connectivity index (χ4v) is 5.99. The first-order valence-electron chi connectivity index (χ1n) is 12.3. The van der Waals surface area contributed by atoms with Gasteiger partial charge in [0, 0.05) is 47.0 Å². The van der Waals surface area contributed by atoms with Crippen molar-refractivity contribution in [3.05, 3.63) is 58.2 Å². The summed E-state index contributed by atoms with van der Waals surface area (Å²) in [6.07, 6.45) is 2.92. The molecule has 4 heterocycles. The molecule has 5 atom stereocenters. The van der Waals surface area contributed by atoms with Crippen LogP contribution in [0.25, 0.3) is 0 Å². The third kappa shape index (κ3) is 7.07. The Hall–Kier alpha value is -2.07. The van der Waals surface area contributed by atoms with Gasteiger partial charge in [0.25, 0.3) is 0 Å². The van der Waals surface area contributed by atoms with E-state index in [0.717, 1.165) is 35.4 Å². The van der Waals surface area contributed by atoms with Crippen molar-refractivity contribution in [3.63, 3.8) is 0 Å². The van der Waals surface area contributed by atoms with E-state index in [0.29, 0.717) is 24.2 Å². The zero-order chi connectivity index (χ0) is 26.7. The minimum atomic E-state index is -5.08. The molecule has 37 heavy (non-hydrogen) atoms. The van der Waals surface area contributed by atoms with Gasteiger partial charge in [0.1, 0.15) is 5.82 Å². The van der Waals surface area contributed by atoms with Crippen LogP contribution in [0.5, 0.6) is 0 Å². The topological polar surface area (TPSA) is 65.9 Å². The van der Waals surface area contributed by atoms with Crippen LogP contribution in [0.15, 0.2) is 42.6 Å². The Labute approximate surface area is 224 Å². The quantitative estimate of drug-likeness (QED) is 0.506. The van der Waals surface area contributed by atoms with Crippen molar-refractivity contribution in [1.82, 2.24) is 9.88 Å². The molecule has 1 aromatic carbocycles. The number of nitrogens with zero attached hydrogens (tertiary/aromatic N) is 3. The lowest BCUT2D eigenvalue weighted by molar-refractivity contribution is -0.192. The van der Waals surface area contributed by atoms with Gasteiger partial charge in [-0.25, -0.2) is 9.78 Å². The lowest BCUT2D eigenvalue weighted by Gasteiger charge is -2.49. The number of ether oxygens (including phenoxy) is 1. The highest BCUT2D eigenvalue weighted by Crippen LogP contribution is 2.41. The number of anilines is 1. The SMILES string of the molecule is C[C@H]1CN(C2C[C@H]3CC[C@@H](C2)N3c2cc(Cl)ccn2)[C@@H](Cc2ccc(Cl)cc2)CO1.O=C(O)C(F)(F)F. The molecule has 11 heteroatoms. The molecule has 6 nitrogen and oxygen atoms in total. The first kappa shape index (κ1) is 28.0. The number of piperidine rings is 1. The van der Waals surface area contributed by atoms with E-state index in [2.05, 4.69) is 33.8 Å².